The van der Waals surface area contributed by atoms with Crippen LogP contribution in [-0.4, -0.2) is 70.8 Å². The van der Waals surface area contributed by atoms with Crippen LogP contribution in [0.2, 0.25) is 0 Å². The molecule has 3 aromatic heterocycles. The van der Waals surface area contributed by atoms with Gasteiger partial charge in [-0.2, -0.15) is 15.6 Å². The van der Waals surface area contributed by atoms with Crippen molar-refractivity contribution < 1.29 is 13.3 Å². The summed E-state index contributed by atoms with van der Waals surface area (Å²) in [5.74, 6) is 3.04. The first-order valence-electron chi connectivity index (χ1n) is 13.5. The first-order valence-corrected chi connectivity index (χ1v) is 14.7. The van der Waals surface area contributed by atoms with Crippen molar-refractivity contribution in [3.63, 3.8) is 0 Å². The van der Waals surface area contributed by atoms with E-state index in [1.807, 2.05) is 30.3 Å². The molecule has 0 spiro atoms. The van der Waals surface area contributed by atoms with E-state index in [0.29, 0.717) is 30.5 Å². The molecule has 5 rings (SSSR count). The van der Waals surface area contributed by atoms with E-state index in [1.165, 1.54) is 0 Å². The summed E-state index contributed by atoms with van der Waals surface area (Å²) in [5, 5.41) is 5.20. The lowest BCUT2D eigenvalue weighted by Crippen LogP contribution is -2.52. The van der Waals surface area contributed by atoms with Crippen LogP contribution in [-0.2, 0) is 19.5 Å². The maximum absolute atomic E-state index is 14.4. The van der Waals surface area contributed by atoms with E-state index in [4.69, 9.17) is 14.5 Å². The van der Waals surface area contributed by atoms with Crippen LogP contribution in [0.1, 0.15) is 45.1 Å². The van der Waals surface area contributed by atoms with Gasteiger partial charge in [-0.15, -0.1) is 0 Å². The highest BCUT2D eigenvalue weighted by atomic mass is 32.2. The van der Waals surface area contributed by atoms with E-state index in [-0.39, 0.29) is 23.6 Å². The standard InChI is InChI=1S/C27H36FN8O2S/c1-5-23(39(29)37)17-13-36(14-17)26-20-12-31-25(10-18(20)19(11-32-26)16(2)3)33-24-6-8-30-27(34-24)35-9-7-22(38-4)21(28)15-35/h6,8,10-12,16-17,21-23,29H,5,7,9,13-15H2,1-4H3,(H,30,31,33,34)/q-1/t21-,22+,23-/m0/s1. The van der Waals surface area contributed by atoms with Gasteiger partial charge in [0.2, 0.25) is 5.95 Å². The zero-order chi connectivity index (χ0) is 27.7. The van der Waals surface area contributed by atoms with Gasteiger partial charge in [-0.3, -0.25) is 0 Å². The molecule has 2 fully saturated rings. The molecule has 0 bridgehead atoms. The third-order valence-corrected chi connectivity index (χ3v) is 9.05. The average Bonchev–Trinajstić information content (AvgIpc) is 2.89. The van der Waals surface area contributed by atoms with Crippen molar-refractivity contribution >= 4 is 44.8 Å². The fraction of sp³-hybridized carbons (Fsp3) is 0.556. The number of halogens is 1. The van der Waals surface area contributed by atoms with Crippen LogP contribution in [0.15, 0.2) is 30.7 Å². The quantitative estimate of drug-likeness (QED) is 0.359. The third-order valence-electron chi connectivity index (χ3n) is 7.78. The highest BCUT2D eigenvalue weighted by Crippen LogP contribution is 2.36. The van der Waals surface area contributed by atoms with E-state index in [9.17, 15) is 8.60 Å². The molecule has 39 heavy (non-hydrogen) atoms. The Morgan fingerprint density at radius 2 is 1.95 bits per heavy atom. The second kappa shape index (κ2) is 11.5. The Labute approximate surface area is 230 Å². The first kappa shape index (κ1) is 27.4. The Balaban J connectivity index is 1.38. The van der Waals surface area contributed by atoms with E-state index >= 15 is 0 Å². The molecule has 12 heteroatoms. The molecule has 0 unspecified atom stereocenters. The molecule has 0 aromatic carbocycles. The number of nitrogens with zero attached hydrogens (tertiary/aromatic N) is 6. The molecule has 0 saturated carbocycles. The van der Waals surface area contributed by atoms with E-state index < -0.39 is 22.9 Å². The molecule has 3 aromatic rings. The van der Waals surface area contributed by atoms with Gasteiger partial charge in [0.15, 0.2) is 0 Å². The Morgan fingerprint density at radius 3 is 2.62 bits per heavy atom. The number of fused-ring (bicyclic) bond motifs is 1. The summed E-state index contributed by atoms with van der Waals surface area (Å²) in [6.45, 7) is 8.55. The Bertz CT molecular complexity index is 1390. The number of aromatic nitrogens is 4. The minimum atomic E-state index is -1.58. The fourth-order valence-electron chi connectivity index (χ4n) is 5.53. The highest BCUT2D eigenvalue weighted by molar-refractivity contribution is 7.74. The van der Waals surface area contributed by atoms with Crippen molar-refractivity contribution in [2.75, 3.05) is 48.4 Å². The van der Waals surface area contributed by atoms with Crippen LogP contribution in [0.4, 0.5) is 27.8 Å². The van der Waals surface area contributed by atoms with Gasteiger partial charge in [0, 0.05) is 50.7 Å². The molecule has 2 aliphatic heterocycles. The zero-order valence-electron chi connectivity index (χ0n) is 22.8. The van der Waals surface area contributed by atoms with Crippen molar-refractivity contribution in [1.82, 2.24) is 19.9 Å². The first-order chi connectivity index (χ1) is 18.8. The summed E-state index contributed by atoms with van der Waals surface area (Å²) >= 11 is 0. The number of alkyl halides is 1. The molecule has 0 radical (unpaired) electrons. The van der Waals surface area contributed by atoms with Crippen molar-refractivity contribution in [3.05, 3.63) is 36.3 Å². The van der Waals surface area contributed by atoms with Crippen LogP contribution < -0.4 is 15.1 Å². The number of pyridine rings is 2. The van der Waals surface area contributed by atoms with Gasteiger partial charge in [-0.05, 0) is 41.3 Å². The van der Waals surface area contributed by atoms with Crippen LogP contribution in [0.3, 0.4) is 0 Å². The maximum atomic E-state index is 14.4. The number of piperidine rings is 1. The molecule has 2 saturated heterocycles. The molecule has 210 valence electrons. The summed E-state index contributed by atoms with van der Waals surface area (Å²) in [5.41, 5.74) is 1.12. The second-order valence-electron chi connectivity index (χ2n) is 10.6. The van der Waals surface area contributed by atoms with Crippen molar-refractivity contribution in [2.45, 2.75) is 57.1 Å². The zero-order valence-corrected chi connectivity index (χ0v) is 23.6. The van der Waals surface area contributed by atoms with Gasteiger partial charge in [0.25, 0.3) is 0 Å². The summed E-state index contributed by atoms with van der Waals surface area (Å²) in [7, 11) is -0.0351. The summed E-state index contributed by atoms with van der Waals surface area (Å²) < 4.78 is 39.2. The number of hydrogen-bond donors (Lipinski definition) is 2. The highest BCUT2D eigenvalue weighted by Gasteiger charge is 2.32. The predicted molar refractivity (Wildman–Crippen MR) is 152 cm³/mol. The SMILES string of the molecule is CC[C@@H](C1CN(c2ncc(C(C)C)c3cc(Nc4ccnc(N5CC[C@@H](OC)[C@@H](F)C5)n4)ncc23)C1)[S-](=N)=O. The lowest BCUT2D eigenvalue weighted by Gasteiger charge is -2.45. The average molecular weight is 556 g/mol. The third kappa shape index (κ3) is 5.62. The van der Waals surface area contributed by atoms with Crippen molar-refractivity contribution in [1.29, 1.82) is 4.78 Å². The van der Waals surface area contributed by atoms with Crippen molar-refractivity contribution in [3.8, 4) is 0 Å². The van der Waals surface area contributed by atoms with Crippen LogP contribution >= 0.6 is 0 Å². The Hall–Kier alpha value is -3.12. The van der Waals surface area contributed by atoms with Gasteiger partial charge < -0.3 is 28.8 Å². The molecule has 3 atom stereocenters. The predicted octanol–water partition coefficient (Wildman–Crippen LogP) is 4.79. The van der Waals surface area contributed by atoms with Gasteiger partial charge in [-0.25, -0.2) is 19.3 Å². The molecule has 2 aliphatic rings. The second-order valence-corrected chi connectivity index (χ2v) is 11.8. The van der Waals surface area contributed by atoms with E-state index in [0.717, 1.165) is 41.7 Å². The molecule has 0 amide bonds. The normalized spacial score (nSPS) is 21.0. The van der Waals surface area contributed by atoms with Gasteiger partial charge in [-0.1, -0.05) is 32.4 Å². The molecular formula is C27H36FN8O2S-. The monoisotopic (exact) mass is 555 g/mol. The number of nitrogens with one attached hydrogen (secondary N) is 2. The van der Waals surface area contributed by atoms with E-state index in [2.05, 4.69) is 39.0 Å². The van der Waals surface area contributed by atoms with Gasteiger partial charge in [0.05, 0.1) is 12.6 Å². The lowest BCUT2D eigenvalue weighted by molar-refractivity contribution is 0.0194. The lowest BCUT2D eigenvalue weighted by atomic mass is 9.93. The minimum Gasteiger partial charge on any atom is -0.444 e. The molecule has 10 nitrogen and oxygen atoms in total. The van der Waals surface area contributed by atoms with Gasteiger partial charge >= 0.3 is 0 Å². The molecular weight excluding hydrogens is 519 g/mol. The van der Waals surface area contributed by atoms with Crippen molar-refractivity contribution in [2.24, 2.45) is 5.92 Å². The topological polar surface area (TPSA) is 120 Å². The maximum Gasteiger partial charge on any atom is 0.227 e. The molecule has 0 aliphatic carbocycles. The molecule has 2 N–H and O–H groups in total. The smallest absolute Gasteiger partial charge is 0.227 e. The number of methoxy groups -OCH3 is 1. The van der Waals surface area contributed by atoms with E-state index in [1.54, 1.807) is 19.4 Å². The fourth-order valence-corrected chi connectivity index (χ4v) is 6.36. The number of rotatable bonds is 9. The Kier molecular flexibility index (Phi) is 8.13. The minimum absolute atomic E-state index is 0.115. The van der Waals surface area contributed by atoms with Crippen LogP contribution in [0.25, 0.3) is 10.8 Å². The number of hydrogen-bond acceptors (Lipinski definition) is 11. The molecule has 5 heterocycles. The number of anilines is 4. The Morgan fingerprint density at radius 1 is 1.15 bits per heavy atom. The summed E-state index contributed by atoms with van der Waals surface area (Å²) in [6, 6.07) is 3.79. The van der Waals surface area contributed by atoms with Crippen LogP contribution in [0.5, 0.6) is 0 Å². The largest absolute Gasteiger partial charge is 0.444 e. The summed E-state index contributed by atoms with van der Waals surface area (Å²) in [4.78, 5) is 22.5. The van der Waals surface area contributed by atoms with Gasteiger partial charge in [0.1, 0.15) is 23.6 Å². The van der Waals surface area contributed by atoms with Crippen LogP contribution in [0, 0.1) is 10.7 Å². The number of ether oxygens (including phenoxy) is 1. The summed E-state index contributed by atoms with van der Waals surface area (Å²) in [6.07, 6.45) is 5.26.